The first-order chi connectivity index (χ1) is 5.81. The number of nitrogens with zero attached hydrogens (tertiary/aromatic N) is 2. The Labute approximate surface area is 68.1 Å². The number of aromatic nitrogens is 4. The summed E-state index contributed by atoms with van der Waals surface area (Å²) < 4.78 is 6.81. The molecule has 0 aliphatic heterocycles. The molecule has 2 aromatic rings. The van der Waals surface area contributed by atoms with Crippen molar-refractivity contribution in [3.8, 4) is 0 Å². The van der Waals surface area contributed by atoms with Crippen molar-refractivity contribution < 1.29 is 6.40 Å². The van der Waals surface area contributed by atoms with Crippen molar-refractivity contribution >= 4 is 28.7 Å². The Balaban J connectivity index is 2.75. The Bertz CT molecular complexity index is 413. The van der Waals surface area contributed by atoms with E-state index in [-0.39, 0.29) is 11.1 Å². The molecular weight excluding hydrogens is 166 g/mol. The highest BCUT2D eigenvalue weighted by molar-refractivity contribution is 6.33. The van der Waals surface area contributed by atoms with E-state index in [4.69, 9.17) is 13.0 Å². The van der Waals surface area contributed by atoms with Gasteiger partial charge in [-0.05, 0) is 0 Å². The number of nitrogens with two attached hydrogens (primary N) is 1. The molecule has 5 nitrogen and oxygen atoms in total. The topological polar surface area (TPSA) is 81.7 Å². The maximum atomic E-state index is 6.81. The minimum absolute atomic E-state index is 0.170. The van der Waals surface area contributed by atoms with E-state index < -0.39 is 0 Å². The van der Waals surface area contributed by atoms with Gasteiger partial charge in [0, 0.05) is 0 Å². The van der Waals surface area contributed by atoms with Crippen LogP contribution in [-0.4, -0.2) is 15.0 Å². The summed E-state index contributed by atoms with van der Waals surface area (Å²) in [5, 5.41) is 0.288. The summed E-state index contributed by atoms with van der Waals surface area (Å²) in [6, 6.07) is 0. The Kier molecular flexibility index (Phi) is 0.995. The van der Waals surface area contributed by atoms with Crippen LogP contribution in [-0.2, 0) is 0 Å². The monoisotopic (exact) mass is 172 g/mol. The maximum absolute atomic E-state index is 6.81. The third-order valence-electron chi connectivity index (χ3n) is 1.29. The molecule has 6 heteroatoms. The number of aromatic amines is 2. The molecule has 0 aliphatic rings. The number of halogens is 1. The number of rotatable bonds is 1. The molecule has 0 spiro atoms. The van der Waals surface area contributed by atoms with Crippen LogP contribution in [0.25, 0.3) is 11.2 Å². The second-order valence-corrected chi connectivity index (χ2v) is 2.35. The smallest absolute Gasteiger partial charge is 0.306 e. The lowest BCUT2D eigenvalue weighted by molar-refractivity contribution is -0.347. The van der Waals surface area contributed by atoms with Gasteiger partial charge in [-0.2, -0.15) is 4.98 Å². The molecule has 0 radical (unpaired) electrons. The molecule has 4 N–H and O–H groups in total. The van der Waals surface area contributed by atoms with Crippen LogP contribution in [0.15, 0.2) is 6.33 Å². The minimum atomic E-state index is 0.170. The summed E-state index contributed by atoms with van der Waals surface area (Å²) in [7, 11) is 0. The van der Waals surface area contributed by atoms with Crippen molar-refractivity contribution in [3.05, 3.63) is 11.5 Å². The number of imidazole rings is 1. The molecule has 0 aromatic carbocycles. The third kappa shape index (κ3) is 0.894. The Hall–Kier alpha value is -1.36. The molecule has 56 valence electrons. The highest BCUT2D eigenvalue weighted by Crippen LogP contribution is 2.14. The fraction of sp³-hybridized carbons (Fsp3) is 0. The normalized spacial score (nSPS) is 11.5. The second-order valence-electron chi connectivity index (χ2n) is 1.99. The van der Waals surface area contributed by atoms with E-state index in [1.54, 1.807) is 6.33 Å². The number of fused-ring (bicyclic) bond motifs is 1. The van der Waals surface area contributed by atoms with E-state index in [2.05, 4.69) is 25.7 Å². The van der Waals surface area contributed by atoms with Gasteiger partial charge in [0.1, 0.15) is 0 Å². The van der Waals surface area contributed by atoms with E-state index in [0.29, 0.717) is 11.2 Å². The summed E-state index contributed by atoms with van der Waals surface area (Å²) >= 11 is 5.76. The van der Waals surface area contributed by atoms with E-state index >= 15 is 0 Å². The summed E-state index contributed by atoms with van der Waals surface area (Å²) in [5.41, 5.74) is 3.27. The van der Waals surface area contributed by atoms with Crippen molar-refractivity contribution in [3.63, 3.8) is 0 Å². The molecular formula is C5H5ClN5+. The average molecular weight is 173 g/mol. The van der Waals surface area contributed by atoms with Crippen molar-refractivity contribution in [2.45, 2.75) is 0 Å². The molecule has 0 saturated heterocycles. The van der Waals surface area contributed by atoms with Gasteiger partial charge in [0.15, 0.2) is 12.9 Å². The fourth-order valence-corrected chi connectivity index (χ4v) is 1.07. The lowest BCUT2D eigenvalue weighted by Crippen LogP contribution is -2.01. The van der Waals surface area contributed by atoms with Gasteiger partial charge in [-0.25, -0.2) is 4.98 Å². The summed E-state index contributed by atoms with van der Waals surface area (Å²) in [5.74, 6) is 0.170. The summed E-state index contributed by atoms with van der Waals surface area (Å²) in [6.07, 6.45) is 1.60. The van der Waals surface area contributed by atoms with Gasteiger partial charge in [-0.3, -0.25) is 4.98 Å². The van der Waals surface area contributed by atoms with Crippen LogP contribution in [0.5, 0.6) is 0 Å². The number of hydrogen-bond donors (Lipinski definition) is 2. The number of H-pyrrole nitrogens is 2. The van der Waals surface area contributed by atoms with Crippen molar-refractivity contribution in [1.82, 2.24) is 15.0 Å². The lowest BCUT2D eigenvalue weighted by Gasteiger charge is -1.86. The Morgan fingerprint density at radius 1 is 1.73 bits per heavy atom. The van der Waals surface area contributed by atoms with Gasteiger partial charge in [-0.1, -0.05) is 16.6 Å². The van der Waals surface area contributed by atoms with Gasteiger partial charge in [0.25, 0.3) is 5.95 Å². The van der Waals surface area contributed by atoms with Gasteiger partial charge in [0.2, 0.25) is 5.52 Å². The fourth-order valence-electron chi connectivity index (χ4n) is 0.842. The van der Waals surface area contributed by atoms with E-state index in [0.717, 1.165) is 0 Å². The molecule has 0 bridgehead atoms. The number of nitrogens with one attached hydrogen (secondary N) is 2. The maximum Gasteiger partial charge on any atom is 0.306 e. The summed E-state index contributed by atoms with van der Waals surface area (Å²) in [6.45, 7) is 0. The largest absolute Gasteiger partial charge is 0.354 e. The SMILES string of the molecule is [3H]Nc1nc(Cl)c2[nH]c[nH+]c2n1. The molecule has 0 saturated carbocycles. The Morgan fingerprint density at radius 2 is 2.64 bits per heavy atom. The zero-order chi connectivity index (χ0) is 8.55. The first kappa shape index (κ1) is 5.31. The van der Waals surface area contributed by atoms with Crippen molar-refractivity contribution in [2.24, 2.45) is 0 Å². The van der Waals surface area contributed by atoms with Gasteiger partial charge >= 0.3 is 5.65 Å². The van der Waals surface area contributed by atoms with Crippen LogP contribution in [0.3, 0.4) is 0 Å². The molecule has 0 aliphatic carbocycles. The quantitative estimate of drug-likeness (QED) is 0.595. The number of anilines is 1. The van der Waals surface area contributed by atoms with E-state index in [1.807, 2.05) is 0 Å². The molecule has 0 unspecified atom stereocenters. The Morgan fingerprint density at radius 3 is 3.45 bits per heavy atom. The molecule has 2 aromatic heterocycles. The van der Waals surface area contributed by atoms with Crippen LogP contribution in [0, 0.1) is 0 Å². The van der Waals surface area contributed by atoms with Crippen molar-refractivity contribution in [1.29, 1.82) is 0 Å². The predicted octanol–water partition coefficient (Wildman–Crippen LogP) is 0.00760. The van der Waals surface area contributed by atoms with Gasteiger partial charge in [-0.15, -0.1) is 0 Å². The lowest BCUT2D eigenvalue weighted by atomic mass is 10.6. The highest BCUT2D eigenvalue weighted by atomic mass is 35.5. The first-order valence-electron chi connectivity index (χ1n) is 3.41. The predicted molar refractivity (Wildman–Crippen MR) is 39.9 cm³/mol. The zero-order valence-corrected chi connectivity index (χ0v) is 6.11. The van der Waals surface area contributed by atoms with Crippen LogP contribution in [0.1, 0.15) is 0 Å². The van der Waals surface area contributed by atoms with Crippen LogP contribution in [0.2, 0.25) is 6.56 Å². The first-order valence-corrected chi connectivity index (χ1v) is 3.29. The van der Waals surface area contributed by atoms with Crippen LogP contribution in [0.4, 0.5) is 5.95 Å². The number of nitrogen functional groups attached to an aromatic ring is 1. The third-order valence-corrected chi connectivity index (χ3v) is 1.56. The van der Waals surface area contributed by atoms with Crippen molar-refractivity contribution in [2.75, 3.05) is 5.73 Å². The molecule has 2 rings (SSSR count). The highest BCUT2D eigenvalue weighted by Gasteiger charge is 2.11. The molecule has 0 atom stereocenters. The number of hydrogen-bond acceptors (Lipinski definition) is 3. The van der Waals surface area contributed by atoms with E-state index in [1.165, 1.54) is 0 Å². The molecule has 0 amide bonds. The van der Waals surface area contributed by atoms with Gasteiger partial charge < -0.3 is 5.73 Å². The van der Waals surface area contributed by atoms with Crippen LogP contribution >= 0.6 is 11.6 Å². The molecule has 11 heavy (non-hydrogen) atoms. The molecule has 2 heterocycles. The second kappa shape index (κ2) is 2.06. The molecule has 0 fully saturated rings. The van der Waals surface area contributed by atoms with E-state index in [9.17, 15) is 0 Å². The summed E-state index contributed by atoms with van der Waals surface area (Å²) in [4.78, 5) is 13.4. The minimum Gasteiger partial charge on any atom is -0.354 e. The van der Waals surface area contributed by atoms with Gasteiger partial charge in [0.05, 0.1) is 0 Å². The van der Waals surface area contributed by atoms with Crippen LogP contribution < -0.4 is 10.7 Å². The average Bonchev–Trinajstić information content (AvgIpc) is 2.52. The zero-order valence-electron chi connectivity index (χ0n) is 6.35. The standard InChI is InChI=1S/C5H4ClN5/c6-3-2-4(9-1-8-2)11-5(7)10-3/h1H,(H3,7,8,9,10,11)/p+1/i/hT.